The van der Waals surface area contributed by atoms with Gasteiger partial charge in [-0.05, 0) is 119 Å². The molecule has 5 N–H and O–H groups in total. The normalized spacial score (nSPS) is 28.5. The van der Waals surface area contributed by atoms with E-state index in [4.69, 9.17) is 29.7 Å². The van der Waals surface area contributed by atoms with Gasteiger partial charge in [-0.3, -0.25) is 4.90 Å². The molecule has 4 aliphatic carbocycles. The Bertz CT molecular complexity index is 1070. The molecular formula is C33H51N2O5P. The highest BCUT2D eigenvalue weighted by atomic mass is 31.2. The number of piperidine rings is 1. The molecule has 4 bridgehead atoms. The van der Waals surface area contributed by atoms with Gasteiger partial charge in [-0.25, -0.2) is 4.57 Å². The van der Waals surface area contributed by atoms with Crippen molar-refractivity contribution in [2.45, 2.75) is 90.1 Å². The summed E-state index contributed by atoms with van der Waals surface area (Å²) in [7, 11) is -4.64. The lowest BCUT2D eigenvalue weighted by Crippen LogP contribution is -2.53. The predicted molar refractivity (Wildman–Crippen MR) is 165 cm³/mol. The van der Waals surface area contributed by atoms with Gasteiger partial charge in [0.15, 0.2) is 0 Å². The lowest BCUT2D eigenvalue weighted by Gasteiger charge is -2.58. The lowest BCUT2D eigenvalue weighted by atomic mass is 9.48. The van der Waals surface area contributed by atoms with Crippen molar-refractivity contribution in [3.8, 4) is 5.75 Å². The van der Waals surface area contributed by atoms with Crippen LogP contribution in [0.15, 0.2) is 54.6 Å². The number of para-hydroxylation sites is 1. The molecule has 5 fully saturated rings. The van der Waals surface area contributed by atoms with E-state index in [9.17, 15) is 0 Å². The standard InChI is InChI=1S/C21H27NO.C12H21N.H3O4P/c1-18(22-14-8-3-9-15-22)17-23-21-13-7-6-12-20(21)16-19-10-4-2-5-11-19;1-8(13)12-5-9-2-10(6-12)4-11(3-9)7-12;1-5(2,3)4/h2,4-7,10-13,18H,3,8-9,14-17H2,1H3;8-11H,2-7,13H2,1H3;(H3,1,2,3,4). The van der Waals surface area contributed by atoms with E-state index in [-0.39, 0.29) is 0 Å². The van der Waals surface area contributed by atoms with E-state index in [1.165, 1.54) is 82.0 Å². The van der Waals surface area contributed by atoms with E-state index < -0.39 is 7.82 Å². The summed E-state index contributed by atoms with van der Waals surface area (Å²) in [5.74, 6) is 4.19. The van der Waals surface area contributed by atoms with Crippen molar-refractivity contribution < 1.29 is 24.0 Å². The molecule has 0 spiro atoms. The van der Waals surface area contributed by atoms with Gasteiger partial charge in [0.1, 0.15) is 12.4 Å². The first-order chi connectivity index (χ1) is 19.5. The van der Waals surface area contributed by atoms with Gasteiger partial charge in [0.2, 0.25) is 0 Å². The van der Waals surface area contributed by atoms with Crippen LogP contribution in [0.5, 0.6) is 5.75 Å². The third kappa shape index (κ3) is 9.91. The van der Waals surface area contributed by atoms with Crippen molar-refractivity contribution >= 4 is 7.82 Å². The Hall–Kier alpha value is -1.73. The first-order valence-corrected chi connectivity index (χ1v) is 17.1. The Morgan fingerprint density at radius 3 is 1.93 bits per heavy atom. The minimum atomic E-state index is -4.64. The minimum absolute atomic E-state index is 0.445. The molecule has 228 valence electrons. The molecule has 2 unspecified atom stereocenters. The Balaban J connectivity index is 0.000000179. The van der Waals surface area contributed by atoms with Crippen LogP contribution in [0.3, 0.4) is 0 Å². The van der Waals surface area contributed by atoms with Crippen LogP contribution in [0.25, 0.3) is 0 Å². The van der Waals surface area contributed by atoms with E-state index >= 15 is 0 Å². The third-order valence-corrected chi connectivity index (χ3v) is 9.76. The summed E-state index contributed by atoms with van der Waals surface area (Å²) in [6.07, 6.45) is 13.9. The van der Waals surface area contributed by atoms with Crippen molar-refractivity contribution in [3.05, 3.63) is 65.7 Å². The predicted octanol–water partition coefficient (Wildman–Crippen LogP) is 6.15. The van der Waals surface area contributed by atoms with E-state index in [0.717, 1.165) is 36.5 Å². The molecule has 1 saturated heterocycles. The van der Waals surface area contributed by atoms with Crippen LogP contribution in [0, 0.1) is 23.2 Å². The fourth-order valence-electron chi connectivity index (χ4n) is 8.02. The zero-order valence-electron chi connectivity index (χ0n) is 24.9. The fourth-order valence-corrected chi connectivity index (χ4v) is 8.02. The van der Waals surface area contributed by atoms with Crippen LogP contribution in [0.1, 0.15) is 82.8 Å². The van der Waals surface area contributed by atoms with E-state index in [0.29, 0.717) is 17.5 Å². The Morgan fingerprint density at radius 2 is 1.39 bits per heavy atom. The molecule has 0 radical (unpaired) electrons. The van der Waals surface area contributed by atoms with Gasteiger partial charge in [-0.15, -0.1) is 0 Å². The zero-order chi connectivity index (χ0) is 29.5. The molecular weight excluding hydrogens is 535 g/mol. The number of nitrogens with zero attached hydrogens (tertiary/aromatic N) is 1. The number of ether oxygens (including phenoxy) is 1. The van der Waals surface area contributed by atoms with Crippen LogP contribution in [-0.2, 0) is 11.0 Å². The van der Waals surface area contributed by atoms with Crippen molar-refractivity contribution in [3.63, 3.8) is 0 Å². The molecule has 7 rings (SSSR count). The molecule has 1 aliphatic heterocycles. The van der Waals surface area contributed by atoms with Gasteiger partial charge >= 0.3 is 7.82 Å². The largest absolute Gasteiger partial charge is 0.492 e. The fraction of sp³-hybridized carbons (Fsp3) is 0.636. The molecule has 2 aromatic rings. The monoisotopic (exact) mass is 586 g/mol. The molecule has 0 amide bonds. The number of phosphoric acid groups is 1. The maximum absolute atomic E-state index is 8.88. The number of likely N-dealkylation sites (tertiary alicyclic amines) is 1. The van der Waals surface area contributed by atoms with E-state index in [2.05, 4.69) is 73.3 Å². The SMILES string of the molecule is CC(COc1ccccc1Cc1ccccc1)N1CCCCC1.CC(N)C12CC3CC(CC(C3)C1)C2.O=P(O)(O)O. The highest BCUT2D eigenvalue weighted by Gasteiger charge is 2.52. The Morgan fingerprint density at radius 1 is 0.878 bits per heavy atom. The third-order valence-electron chi connectivity index (χ3n) is 9.76. The van der Waals surface area contributed by atoms with Gasteiger partial charge in [0.25, 0.3) is 0 Å². The molecule has 1 heterocycles. The van der Waals surface area contributed by atoms with Crippen LogP contribution in [-0.4, -0.2) is 51.4 Å². The van der Waals surface area contributed by atoms with Crippen LogP contribution >= 0.6 is 7.82 Å². The zero-order valence-corrected chi connectivity index (χ0v) is 25.8. The molecule has 8 heteroatoms. The maximum Gasteiger partial charge on any atom is 0.466 e. The van der Waals surface area contributed by atoms with Crippen molar-refractivity contribution in [2.24, 2.45) is 28.9 Å². The van der Waals surface area contributed by atoms with Gasteiger partial charge < -0.3 is 25.2 Å². The van der Waals surface area contributed by atoms with Gasteiger partial charge in [0.05, 0.1) is 0 Å². The maximum atomic E-state index is 8.88. The number of hydrogen-bond acceptors (Lipinski definition) is 4. The molecule has 7 nitrogen and oxygen atoms in total. The van der Waals surface area contributed by atoms with Gasteiger partial charge in [-0.2, -0.15) is 0 Å². The Kier molecular flexibility index (Phi) is 11.5. The highest BCUT2D eigenvalue weighted by molar-refractivity contribution is 7.45. The average molecular weight is 587 g/mol. The second kappa shape index (κ2) is 14.6. The summed E-state index contributed by atoms with van der Waals surface area (Å²) in [4.78, 5) is 24.1. The van der Waals surface area contributed by atoms with E-state index in [1.807, 2.05) is 0 Å². The van der Waals surface area contributed by atoms with Crippen LogP contribution in [0.4, 0.5) is 0 Å². The summed E-state index contributed by atoms with van der Waals surface area (Å²) in [5, 5.41) is 0. The molecule has 4 saturated carbocycles. The number of rotatable bonds is 7. The quantitative estimate of drug-likeness (QED) is 0.288. The summed E-state index contributed by atoms with van der Waals surface area (Å²) >= 11 is 0. The summed E-state index contributed by atoms with van der Waals surface area (Å²) < 4.78 is 15.1. The molecule has 2 aromatic carbocycles. The molecule has 41 heavy (non-hydrogen) atoms. The number of nitrogens with two attached hydrogens (primary N) is 1. The molecule has 2 atom stereocenters. The van der Waals surface area contributed by atoms with Gasteiger partial charge in [-0.1, -0.05) is 55.0 Å². The summed E-state index contributed by atoms with van der Waals surface area (Å²) in [5.41, 5.74) is 9.36. The lowest BCUT2D eigenvalue weighted by molar-refractivity contribution is -0.0637. The topological polar surface area (TPSA) is 116 Å². The van der Waals surface area contributed by atoms with Crippen molar-refractivity contribution in [1.82, 2.24) is 4.90 Å². The molecule has 0 aromatic heterocycles. The van der Waals surface area contributed by atoms with Crippen LogP contribution in [0.2, 0.25) is 0 Å². The first-order valence-electron chi connectivity index (χ1n) is 15.5. The molecule has 5 aliphatic rings. The van der Waals surface area contributed by atoms with Gasteiger partial charge in [0, 0.05) is 18.5 Å². The minimum Gasteiger partial charge on any atom is -0.492 e. The smallest absolute Gasteiger partial charge is 0.466 e. The summed E-state index contributed by atoms with van der Waals surface area (Å²) in [6, 6.07) is 20.0. The number of benzene rings is 2. The first kappa shape index (κ1) is 32.2. The number of hydrogen-bond donors (Lipinski definition) is 4. The van der Waals surface area contributed by atoms with Crippen LogP contribution < -0.4 is 10.5 Å². The van der Waals surface area contributed by atoms with Crippen molar-refractivity contribution in [2.75, 3.05) is 19.7 Å². The average Bonchev–Trinajstić information content (AvgIpc) is 2.92. The van der Waals surface area contributed by atoms with E-state index in [1.54, 1.807) is 0 Å². The Labute approximate surface area is 246 Å². The highest BCUT2D eigenvalue weighted by Crippen LogP contribution is 2.60. The second-order valence-electron chi connectivity index (χ2n) is 13.1. The van der Waals surface area contributed by atoms with Crippen molar-refractivity contribution in [1.29, 1.82) is 0 Å². The summed E-state index contributed by atoms with van der Waals surface area (Å²) in [6.45, 7) is 7.73. The second-order valence-corrected chi connectivity index (χ2v) is 14.1.